The Morgan fingerprint density at radius 3 is 3.10 bits per heavy atom. The van der Waals surface area contributed by atoms with Gasteiger partial charge in [0.2, 0.25) is 5.91 Å². The number of aryl methyl sites for hydroxylation is 1. The Hall–Kier alpha value is -2.90. The number of fused-ring (bicyclic) bond motifs is 1. The normalized spacial score (nSPS) is 10.9. The third kappa shape index (κ3) is 2.55. The van der Waals surface area contributed by atoms with Gasteiger partial charge in [-0.25, -0.2) is 4.98 Å². The van der Waals surface area contributed by atoms with Crippen LogP contribution in [-0.2, 0) is 17.9 Å². The molecule has 0 saturated heterocycles. The topological polar surface area (TPSA) is 103 Å². The predicted octanol–water partition coefficient (Wildman–Crippen LogP) is 0.602. The number of amides is 1. The first-order valence-corrected chi connectivity index (χ1v) is 6.25. The van der Waals surface area contributed by atoms with Crippen molar-refractivity contribution >= 4 is 17.0 Å². The lowest BCUT2D eigenvalue weighted by Crippen LogP contribution is -2.32. The Morgan fingerprint density at radius 1 is 1.48 bits per heavy atom. The molecule has 1 amide bonds. The number of rotatable bonds is 4. The molecule has 3 heterocycles. The number of aromatic nitrogens is 3. The minimum Gasteiger partial charge on any atom is -0.467 e. The maximum atomic E-state index is 12.2. The largest absolute Gasteiger partial charge is 0.467 e. The fraction of sp³-hybridized carbons (Fsp3) is 0.231. The minimum atomic E-state index is -0.355. The summed E-state index contributed by atoms with van der Waals surface area (Å²) in [5.41, 5.74) is 0.268. The lowest BCUT2D eigenvalue weighted by molar-refractivity contribution is -0.122. The quantitative estimate of drug-likeness (QED) is 0.754. The predicted molar refractivity (Wildman–Crippen MR) is 71.4 cm³/mol. The SMILES string of the molecule is Cc1noc2ncn(CC(=O)NCc3ccco3)c(=O)c12. The van der Waals surface area contributed by atoms with Gasteiger partial charge in [0.15, 0.2) is 0 Å². The van der Waals surface area contributed by atoms with E-state index in [1.54, 1.807) is 19.1 Å². The highest BCUT2D eigenvalue weighted by Gasteiger charge is 2.13. The second kappa shape index (κ2) is 5.23. The summed E-state index contributed by atoms with van der Waals surface area (Å²) in [4.78, 5) is 28.0. The molecule has 108 valence electrons. The van der Waals surface area contributed by atoms with Gasteiger partial charge in [0, 0.05) is 0 Å². The Morgan fingerprint density at radius 2 is 2.33 bits per heavy atom. The molecule has 3 aromatic rings. The van der Waals surface area contributed by atoms with Crippen molar-refractivity contribution in [1.82, 2.24) is 20.0 Å². The third-order valence-corrected chi connectivity index (χ3v) is 2.99. The van der Waals surface area contributed by atoms with Crippen molar-refractivity contribution < 1.29 is 13.7 Å². The molecule has 8 nitrogen and oxygen atoms in total. The van der Waals surface area contributed by atoms with E-state index in [4.69, 9.17) is 8.94 Å². The number of carbonyl (C=O) groups excluding carboxylic acids is 1. The Kier molecular flexibility index (Phi) is 3.27. The second-order valence-corrected chi connectivity index (χ2v) is 4.48. The first kappa shape index (κ1) is 13.1. The zero-order valence-corrected chi connectivity index (χ0v) is 11.2. The van der Waals surface area contributed by atoms with Crippen LogP contribution in [0.1, 0.15) is 11.5 Å². The van der Waals surface area contributed by atoms with E-state index < -0.39 is 0 Å². The molecule has 21 heavy (non-hydrogen) atoms. The van der Waals surface area contributed by atoms with Crippen LogP contribution in [0.5, 0.6) is 0 Å². The highest BCUT2D eigenvalue weighted by molar-refractivity contribution is 5.77. The maximum Gasteiger partial charge on any atom is 0.267 e. The first-order chi connectivity index (χ1) is 10.1. The Labute approximate surface area is 118 Å². The maximum absolute atomic E-state index is 12.2. The molecule has 0 aromatic carbocycles. The zero-order valence-electron chi connectivity index (χ0n) is 11.2. The molecule has 0 bridgehead atoms. The van der Waals surface area contributed by atoms with Crippen molar-refractivity contribution in [3.05, 3.63) is 46.5 Å². The van der Waals surface area contributed by atoms with E-state index in [1.807, 2.05) is 0 Å². The zero-order chi connectivity index (χ0) is 14.8. The number of hydrogen-bond donors (Lipinski definition) is 1. The molecule has 0 spiro atoms. The summed E-state index contributed by atoms with van der Waals surface area (Å²) in [6, 6.07) is 3.49. The monoisotopic (exact) mass is 288 g/mol. The summed E-state index contributed by atoms with van der Waals surface area (Å²) in [5.74, 6) is 0.322. The van der Waals surface area contributed by atoms with Gasteiger partial charge >= 0.3 is 0 Å². The summed E-state index contributed by atoms with van der Waals surface area (Å²) in [5, 5.41) is 6.63. The molecule has 0 saturated carbocycles. The van der Waals surface area contributed by atoms with E-state index in [1.165, 1.54) is 17.2 Å². The molecular weight excluding hydrogens is 276 g/mol. The van der Waals surface area contributed by atoms with Crippen LogP contribution < -0.4 is 10.9 Å². The molecule has 3 aromatic heterocycles. The molecule has 0 aliphatic heterocycles. The van der Waals surface area contributed by atoms with E-state index in [0.29, 0.717) is 11.5 Å². The molecule has 0 atom stereocenters. The van der Waals surface area contributed by atoms with Crippen molar-refractivity contribution in [2.24, 2.45) is 0 Å². The van der Waals surface area contributed by atoms with Gasteiger partial charge in [0.1, 0.15) is 24.0 Å². The van der Waals surface area contributed by atoms with E-state index in [0.717, 1.165) is 0 Å². The average Bonchev–Trinajstić information content (AvgIpc) is 3.10. The number of hydrogen-bond acceptors (Lipinski definition) is 6. The molecular formula is C13H12N4O4. The summed E-state index contributed by atoms with van der Waals surface area (Å²) in [7, 11) is 0. The van der Waals surface area contributed by atoms with Crippen molar-refractivity contribution in [3.8, 4) is 0 Å². The molecule has 0 fully saturated rings. The summed E-state index contributed by atoms with van der Waals surface area (Å²) < 4.78 is 11.2. The Balaban J connectivity index is 1.75. The van der Waals surface area contributed by atoms with E-state index in [2.05, 4.69) is 15.5 Å². The van der Waals surface area contributed by atoms with Gasteiger partial charge in [-0.1, -0.05) is 5.16 Å². The lowest BCUT2D eigenvalue weighted by Gasteiger charge is -2.05. The summed E-state index contributed by atoms with van der Waals surface area (Å²) in [6.45, 7) is 1.78. The van der Waals surface area contributed by atoms with E-state index in [9.17, 15) is 9.59 Å². The van der Waals surface area contributed by atoms with Crippen LogP contribution in [0.25, 0.3) is 11.1 Å². The molecule has 3 rings (SSSR count). The molecule has 0 radical (unpaired) electrons. The summed E-state index contributed by atoms with van der Waals surface area (Å²) in [6.07, 6.45) is 2.79. The van der Waals surface area contributed by atoms with Gasteiger partial charge in [0.25, 0.3) is 11.3 Å². The number of carbonyl (C=O) groups is 1. The molecule has 8 heteroatoms. The fourth-order valence-electron chi connectivity index (χ4n) is 1.93. The van der Waals surface area contributed by atoms with Gasteiger partial charge in [-0.3, -0.25) is 14.2 Å². The van der Waals surface area contributed by atoms with Gasteiger partial charge in [0.05, 0.1) is 18.5 Å². The molecule has 0 aliphatic carbocycles. The third-order valence-electron chi connectivity index (χ3n) is 2.99. The number of furan rings is 1. The average molecular weight is 288 g/mol. The highest BCUT2D eigenvalue weighted by atomic mass is 16.5. The van der Waals surface area contributed by atoms with Crippen molar-refractivity contribution in [2.75, 3.05) is 0 Å². The molecule has 0 unspecified atom stereocenters. The van der Waals surface area contributed by atoms with Crippen LogP contribution in [0, 0.1) is 6.92 Å². The van der Waals surface area contributed by atoms with Crippen LogP contribution in [0.3, 0.4) is 0 Å². The van der Waals surface area contributed by atoms with Crippen LogP contribution in [0.4, 0.5) is 0 Å². The fourth-order valence-corrected chi connectivity index (χ4v) is 1.93. The van der Waals surface area contributed by atoms with Crippen molar-refractivity contribution in [1.29, 1.82) is 0 Å². The first-order valence-electron chi connectivity index (χ1n) is 6.25. The highest BCUT2D eigenvalue weighted by Crippen LogP contribution is 2.09. The van der Waals surface area contributed by atoms with Crippen LogP contribution in [0.2, 0.25) is 0 Å². The van der Waals surface area contributed by atoms with Gasteiger partial charge in [-0.15, -0.1) is 0 Å². The van der Waals surface area contributed by atoms with Crippen LogP contribution >= 0.6 is 0 Å². The van der Waals surface area contributed by atoms with E-state index in [-0.39, 0.29) is 35.7 Å². The van der Waals surface area contributed by atoms with Crippen molar-refractivity contribution in [3.63, 3.8) is 0 Å². The number of nitrogens with zero attached hydrogens (tertiary/aromatic N) is 3. The van der Waals surface area contributed by atoms with Crippen LogP contribution in [0.15, 0.2) is 38.5 Å². The van der Waals surface area contributed by atoms with Crippen molar-refractivity contribution in [2.45, 2.75) is 20.0 Å². The van der Waals surface area contributed by atoms with Gasteiger partial charge in [-0.2, -0.15) is 0 Å². The van der Waals surface area contributed by atoms with E-state index >= 15 is 0 Å². The smallest absolute Gasteiger partial charge is 0.267 e. The molecule has 0 aliphatic rings. The molecule has 1 N–H and O–H groups in total. The Bertz CT molecular complexity index is 832. The number of nitrogens with one attached hydrogen (secondary N) is 1. The van der Waals surface area contributed by atoms with Gasteiger partial charge < -0.3 is 14.3 Å². The summed E-state index contributed by atoms with van der Waals surface area (Å²) >= 11 is 0. The standard InChI is InChI=1S/C13H12N4O4/c1-8-11-12(21-16-8)15-7-17(13(11)19)6-10(18)14-5-9-3-2-4-20-9/h2-4,7H,5-6H2,1H3,(H,14,18). The van der Waals surface area contributed by atoms with Gasteiger partial charge in [-0.05, 0) is 19.1 Å². The lowest BCUT2D eigenvalue weighted by atomic mass is 10.3. The van der Waals surface area contributed by atoms with Crippen LogP contribution in [-0.4, -0.2) is 20.6 Å². The minimum absolute atomic E-state index is 0.132. The second-order valence-electron chi connectivity index (χ2n) is 4.48.